The number of aromatic nitrogens is 2. The van der Waals surface area contributed by atoms with E-state index in [9.17, 15) is 4.79 Å². The van der Waals surface area contributed by atoms with Crippen LogP contribution in [0.3, 0.4) is 0 Å². The molecule has 2 rings (SSSR count). The molecule has 0 aliphatic rings. The Hall–Kier alpha value is -2.76. The quantitative estimate of drug-likeness (QED) is 0.437. The Morgan fingerprint density at radius 2 is 1.78 bits per heavy atom. The molecule has 2 aromatic rings. The van der Waals surface area contributed by atoms with Crippen LogP contribution in [0.5, 0.6) is 0 Å². The topological polar surface area (TPSA) is 84.7 Å². The van der Waals surface area contributed by atoms with Gasteiger partial charge in [-0.15, -0.1) is 0 Å². The minimum Gasteiger partial charge on any atom is -0.481 e. The lowest BCUT2D eigenvalue weighted by atomic mass is 10.1. The maximum Gasteiger partial charge on any atom is 0.303 e. The molecule has 0 aliphatic carbocycles. The molecule has 0 aliphatic heterocycles. The summed E-state index contributed by atoms with van der Waals surface area (Å²) in [5.74, 6) is -0.764. The van der Waals surface area contributed by atoms with Gasteiger partial charge < -0.3 is 9.94 Å². The second kappa shape index (κ2) is 9.30. The second-order valence-electron chi connectivity index (χ2n) is 4.97. The van der Waals surface area contributed by atoms with Gasteiger partial charge in [0.1, 0.15) is 18.6 Å². The van der Waals surface area contributed by atoms with Crippen LogP contribution in [-0.4, -0.2) is 33.4 Å². The van der Waals surface area contributed by atoms with Gasteiger partial charge in [0.25, 0.3) is 0 Å². The van der Waals surface area contributed by atoms with Gasteiger partial charge >= 0.3 is 5.97 Å². The van der Waals surface area contributed by atoms with Crippen LogP contribution in [0.1, 0.15) is 36.8 Å². The van der Waals surface area contributed by atoms with Crippen molar-refractivity contribution in [2.24, 2.45) is 5.16 Å². The minimum atomic E-state index is -0.764. The van der Waals surface area contributed by atoms with Crippen molar-refractivity contribution >= 4 is 11.7 Å². The van der Waals surface area contributed by atoms with Crippen LogP contribution >= 0.6 is 0 Å². The molecule has 0 spiro atoms. The first-order valence-electron chi connectivity index (χ1n) is 7.50. The zero-order chi connectivity index (χ0) is 16.3. The Morgan fingerprint density at radius 1 is 1.04 bits per heavy atom. The van der Waals surface area contributed by atoms with Crippen molar-refractivity contribution in [2.45, 2.75) is 25.7 Å². The second-order valence-corrected chi connectivity index (χ2v) is 4.97. The average molecular weight is 313 g/mol. The number of nitrogens with zero attached hydrogens (tertiary/aromatic N) is 3. The molecular formula is C17H19N3O3. The van der Waals surface area contributed by atoms with E-state index in [4.69, 9.17) is 9.94 Å². The van der Waals surface area contributed by atoms with Gasteiger partial charge in [-0.25, -0.2) is 9.97 Å². The molecule has 6 heteroatoms. The standard InChI is InChI=1S/C17H19N3O3/c21-16(22)9-5-2-6-10-23-20-17(14-7-3-1-4-8-14)15-11-18-13-19-12-15/h1,3-4,7-8,11-13H,2,5-6,9-10H2,(H,21,22)/b20-17+. The van der Waals surface area contributed by atoms with E-state index in [1.54, 1.807) is 12.4 Å². The van der Waals surface area contributed by atoms with Gasteiger partial charge in [-0.2, -0.15) is 0 Å². The highest BCUT2D eigenvalue weighted by Gasteiger charge is 2.08. The first-order chi connectivity index (χ1) is 11.3. The van der Waals surface area contributed by atoms with E-state index in [0.717, 1.165) is 24.0 Å². The van der Waals surface area contributed by atoms with Gasteiger partial charge in [-0.1, -0.05) is 35.5 Å². The summed E-state index contributed by atoms with van der Waals surface area (Å²) in [6, 6.07) is 9.69. The summed E-state index contributed by atoms with van der Waals surface area (Å²) in [6.07, 6.45) is 7.26. The van der Waals surface area contributed by atoms with Crippen molar-refractivity contribution in [1.29, 1.82) is 0 Å². The van der Waals surface area contributed by atoms with E-state index in [-0.39, 0.29) is 6.42 Å². The lowest BCUT2D eigenvalue weighted by Gasteiger charge is -2.06. The summed E-state index contributed by atoms with van der Waals surface area (Å²) in [7, 11) is 0. The van der Waals surface area contributed by atoms with Crippen LogP contribution in [0.4, 0.5) is 0 Å². The molecule has 23 heavy (non-hydrogen) atoms. The van der Waals surface area contributed by atoms with Crippen LogP contribution in [0, 0.1) is 0 Å². The van der Waals surface area contributed by atoms with Gasteiger partial charge in [0.05, 0.1) is 0 Å². The third kappa shape index (κ3) is 5.86. The number of rotatable bonds is 9. The normalized spacial score (nSPS) is 11.2. The SMILES string of the molecule is O=C(O)CCCCCO/N=C(\c1ccccc1)c1cncnc1. The number of aliphatic carboxylic acids is 1. The Kier molecular flexibility index (Phi) is 6.71. The van der Waals surface area contributed by atoms with Crippen molar-refractivity contribution in [3.63, 3.8) is 0 Å². The smallest absolute Gasteiger partial charge is 0.303 e. The highest BCUT2D eigenvalue weighted by Crippen LogP contribution is 2.10. The molecule has 0 atom stereocenters. The van der Waals surface area contributed by atoms with Gasteiger partial charge in [-0.3, -0.25) is 4.79 Å². The van der Waals surface area contributed by atoms with Crippen molar-refractivity contribution in [3.8, 4) is 0 Å². The highest BCUT2D eigenvalue weighted by atomic mass is 16.6. The highest BCUT2D eigenvalue weighted by molar-refractivity contribution is 6.12. The molecule has 0 fully saturated rings. The molecule has 0 unspecified atom stereocenters. The predicted molar refractivity (Wildman–Crippen MR) is 86.2 cm³/mol. The first-order valence-corrected chi connectivity index (χ1v) is 7.50. The number of carboxylic acids is 1. The molecule has 0 saturated heterocycles. The fourth-order valence-electron chi connectivity index (χ4n) is 2.02. The third-order valence-corrected chi connectivity index (χ3v) is 3.16. The summed E-state index contributed by atoms with van der Waals surface area (Å²) in [4.78, 5) is 23.8. The molecule has 0 saturated carbocycles. The largest absolute Gasteiger partial charge is 0.481 e. The monoisotopic (exact) mass is 313 g/mol. The maximum absolute atomic E-state index is 10.4. The number of carboxylic acid groups (broad SMARTS) is 1. The van der Waals surface area contributed by atoms with Crippen LogP contribution < -0.4 is 0 Å². The van der Waals surface area contributed by atoms with Crippen LogP contribution in [0.25, 0.3) is 0 Å². The Balaban J connectivity index is 1.94. The minimum absolute atomic E-state index is 0.194. The van der Waals surface area contributed by atoms with Gasteiger partial charge in [0.2, 0.25) is 0 Å². The van der Waals surface area contributed by atoms with Crippen molar-refractivity contribution in [3.05, 3.63) is 60.2 Å². The van der Waals surface area contributed by atoms with Crippen molar-refractivity contribution < 1.29 is 14.7 Å². The average Bonchev–Trinajstić information content (AvgIpc) is 2.59. The number of carbonyl (C=O) groups is 1. The van der Waals surface area contributed by atoms with E-state index < -0.39 is 5.97 Å². The van der Waals surface area contributed by atoms with E-state index in [1.165, 1.54) is 6.33 Å². The molecule has 1 aromatic heterocycles. The van der Waals surface area contributed by atoms with E-state index >= 15 is 0 Å². The number of hydrogen-bond donors (Lipinski definition) is 1. The van der Waals surface area contributed by atoms with Crippen LogP contribution in [-0.2, 0) is 9.63 Å². The summed E-state index contributed by atoms with van der Waals surface area (Å²) in [5, 5.41) is 12.8. The Bertz CT molecular complexity index is 589. The van der Waals surface area contributed by atoms with Crippen LogP contribution in [0.2, 0.25) is 0 Å². The van der Waals surface area contributed by atoms with Gasteiger partial charge in [0, 0.05) is 29.9 Å². The summed E-state index contributed by atoms with van der Waals surface area (Å²) >= 11 is 0. The zero-order valence-electron chi connectivity index (χ0n) is 12.8. The number of oxime groups is 1. The fraction of sp³-hybridized carbons (Fsp3) is 0.294. The third-order valence-electron chi connectivity index (χ3n) is 3.16. The first kappa shape index (κ1) is 16.6. The maximum atomic E-state index is 10.4. The molecule has 6 nitrogen and oxygen atoms in total. The summed E-state index contributed by atoms with van der Waals surface area (Å²) in [5.41, 5.74) is 2.38. The molecule has 1 N–H and O–H groups in total. The number of benzene rings is 1. The summed E-state index contributed by atoms with van der Waals surface area (Å²) < 4.78 is 0. The number of hydrogen-bond acceptors (Lipinski definition) is 5. The number of unbranched alkanes of at least 4 members (excludes halogenated alkanes) is 2. The van der Waals surface area contributed by atoms with Crippen molar-refractivity contribution in [1.82, 2.24) is 9.97 Å². The Morgan fingerprint density at radius 3 is 2.48 bits per heavy atom. The molecular weight excluding hydrogens is 294 g/mol. The Labute approximate surface area is 134 Å². The molecule has 120 valence electrons. The van der Waals surface area contributed by atoms with Gasteiger partial charge in [0.15, 0.2) is 0 Å². The fourth-order valence-corrected chi connectivity index (χ4v) is 2.02. The lowest BCUT2D eigenvalue weighted by molar-refractivity contribution is -0.137. The predicted octanol–water partition coefficient (Wildman–Crippen LogP) is 2.89. The molecule has 0 amide bonds. The van der Waals surface area contributed by atoms with E-state index in [1.807, 2.05) is 30.3 Å². The molecule has 0 radical (unpaired) electrons. The molecule has 1 aromatic carbocycles. The van der Waals surface area contributed by atoms with Crippen LogP contribution in [0.15, 0.2) is 54.2 Å². The lowest BCUT2D eigenvalue weighted by Crippen LogP contribution is -2.06. The van der Waals surface area contributed by atoms with E-state index in [2.05, 4.69) is 15.1 Å². The van der Waals surface area contributed by atoms with E-state index in [0.29, 0.717) is 18.7 Å². The van der Waals surface area contributed by atoms with Crippen molar-refractivity contribution in [2.75, 3.05) is 6.61 Å². The van der Waals surface area contributed by atoms with Gasteiger partial charge in [-0.05, 0) is 19.3 Å². The molecule has 0 bridgehead atoms. The zero-order valence-corrected chi connectivity index (χ0v) is 12.8. The summed E-state index contributed by atoms with van der Waals surface area (Å²) in [6.45, 7) is 0.448. The molecule has 1 heterocycles.